The number of halogens is 2. The van der Waals surface area contributed by atoms with Gasteiger partial charge in [0.15, 0.2) is 5.82 Å². The van der Waals surface area contributed by atoms with E-state index in [2.05, 4.69) is 20.8 Å². The van der Waals surface area contributed by atoms with Gasteiger partial charge >= 0.3 is 6.09 Å². The Kier molecular flexibility index (Phi) is 6.73. The molecule has 0 saturated heterocycles. The summed E-state index contributed by atoms with van der Waals surface area (Å²) in [6, 6.07) is 9.15. The maximum absolute atomic E-state index is 13.2. The second-order valence-corrected chi connectivity index (χ2v) is 6.87. The molecule has 0 bridgehead atoms. The van der Waals surface area contributed by atoms with Gasteiger partial charge in [0, 0.05) is 18.8 Å². The van der Waals surface area contributed by atoms with Crippen molar-refractivity contribution < 1.29 is 27.6 Å². The van der Waals surface area contributed by atoms with Crippen LogP contribution in [0.4, 0.5) is 13.6 Å². The molecule has 3 rings (SSSR count). The second-order valence-electron chi connectivity index (χ2n) is 6.87. The maximum Gasteiger partial charge on any atom is 0.407 e. The summed E-state index contributed by atoms with van der Waals surface area (Å²) in [5.74, 6) is -2.68. The summed E-state index contributed by atoms with van der Waals surface area (Å²) in [7, 11) is 0. The number of carbonyl (C=O) groups excluding carboxylic acids is 2. The van der Waals surface area contributed by atoms with E-state index in [0.717, 1.165) is 5.56 Å². The zero-order valence-electron chi connectivity index (χ0n) is 15.7. The Balaban J connectivity index is 1.34. The molecule has 1 aromatic heterocycles. The summed E-state index contributed by atoms with van der Waals surface area (Å²) in [5.41, 5.74) is 0.834. The van der Waals surface area contributed by atoms with Crippen LogP contribution in [0.1, 0.15) is 48.9 Å². The molecule has 156 valence electrons. The first-order valence-corrected chi connectivity index (χ1v) is 9.33. The lowest BCUT2D eigenvalue weighted by atomic mass is 9.86. The van der Waals surface area contributed by atoms with E-state index in [1.807, 2.05) is 30.3 Å². The summed E-state index contributed by atoms with van der Waals surface area (Å²) in [6.07, 6.45) is -0.492. The summed E-state index contributed by atoms with van der Waals surface area (Å²) >= 11 is 0. The molecule has 1 saturated carbocycles. The summed E-state index contributed by atoms with van der Waals surface area (Å²) < 4.78 is 36.5. The SMILES string of the molecule is O=C(CNC(=O)OCc1ccccc1)NCc1nc(C2CCC(F)(F)CC2)no1. The van der Waals surface area contributed by atoms with Gasteiger partial charge in [0.25, 0.3) is 0 Å². The lowest BCUT2D eigenvalue weighted by molar-refractivity contribution is -0.120. The van der Waals surface area contributed by atoms with Crippen molar-refractivity contribution in [3.05, 3.63) is 47.6 Å². The quantitative estimate of drug-likeness (QED) is 0.730. The molecule has 0 aliphatic heterocycles. The number of hydrogen-bond donors (Lipinski definition) is 2. The molecule has 8 nitrogen and oxygen atoms in total. The predicted octanol–water partition coefficient (Wildman–Crippen LogP) is 2.91. The van der Waals surface area contributed by atoms with Crippen molar-refractivity contribution in [1.82, 2.24) is 20.8 Å². The standard InChI is InChI=1S/C19H22F2N4O4/c20-19(21)8-6-14(7-9-19)17-24-16(29-25-17)11-22-15(26)10-23-18(27)28-12-13-4-2-1-3-5-13/h1-5,14H,6-12H2,(H,22,26)(H,23,27). The maximum atomic E-state index is 13.2. The van der Waals surface area contributed by atoms with Gasteiger partial charge in [-0.25, -0.2) is 13.6 Å². The third kappa shape index (κ3) is 6.51. The molecule has 1 aromatic carbocycles. The first-order chi connectivity index (χ1) is 13.9. The molecule has 0 spiro atoms. The molecule has 1 heterocycles. The monoisotopic (exact) mass is 408 g/mol. The molecule has 1 aliphatic rings. The van der Waals surface area contributed by atoms with Gasteiger partial charge in [-0.3, -0.25) is 4.79 Å². The minimum absolute atomic E-state index is 0.0184. The van der Waals surface area contributed by atoms with Crippen molar-refractivity contribution in [2.24, 2.45) is 0 Å². The largest absolute Gasteiger partial charge is 0.445 e. The normalized spacial score (nSPS) is 16.2. The minimum atomic E-state index is -2.62. The summed E-state index contributed by atoms with van der Waals surface area (Å²) in [6.45, 7) is -0.187. The van der Waals surface area contributed by atoms with Crippen molar-refractivity contribution in [3.63, 3.8) is 0 Å². The van der Waals surface area contributed by atoms with E-state index in [9.17, 15) is 18.4 Å². The molecule has 1 aliphatic carbocycles. The smallest absolute Gasteiger partial charge is 0.407 e. The Morgan fingerprint density at radius 3 is 2.62 bits per heavy atom. The van der Waals surface area contributed by atoms with E-state index in [1.165, 1.54) is 0 Å². The zero-order chi connectivity index (χ0) is 20.7. The number of amides is 2. The highest BCUT2D eigenvalue weighted by Gasteiger charge is 2.36. The van der Waals surface area contributed by atoms with Crippen molar-refractivity contribution in [2.45, 2.75) is 50.7 Å². The number of ether oxygens (including phenoxy) is 1. The third-order valence-corrected chi connectivity index (χ3v) is 4.61. The highest BCUT2D eigenvalue weighted by molar-refractivity contribution is 5.81. The average molecular weight is 408 g/mol. The number of carbonyl (C=O) groups is 2. The number of benzene rings is 1. The molecule has 10 heteroatoms. The fourth-order valence-electron chi connectivity index (χ4n) is 2.97. The van der Waals surface area contributed by atoms with Crippen LogP contribution >= 0.6 is 0 Å². The van der Waals surface area contributed by atoms with Crippen LogP contribution in [-0.2, 0) is 22.7 Å². The van der Waals surface area contributed by atoms with Gasteiger partial charge in [0.05, 0.1) is 6.54 Å². The first-order valence-electron chi connectivity index (χ1n) is 9.33. The van der Waals surface area contributed by atoms with E-state index < -0.39 is 17.9 Å². The molecular formula is C19H22F2N4O4. The van der Waals surface area contributed by atoms with Crippen molar-refractivity contribution in [1.29, 1.82) is 0 Å². The molecule has 29 heavy (non-hydrogen) atoms. The second kappa shape index (κ2) is 9.44. The molecule has 2 aromatic rings. The van der Waals surface area contributed by atoms with Crippen LogP contribution in [0.15, 0.2) is 34.9 Å². The van der Waals surface area contributed by atoms with E-state index in [4.69, 9.17) is 9.26 Å². The van der Waals surface area contributed by atoms with Crippen LogP contribution < -0.4 is 10.6 Å². The molecular weight excluding hydrogens is 386 g/mol. The molecule has 0 radical (unpaired) electrons. The Bertz CT molecular complexity index is 819. The molecule has 0 unspecified atom stereocenters. The van der Waals surface area contributed by atoms with Crippen molar-refractivity contribution in [2.75, 3.05) is 6.54 Å². The predicted molar refractivity (Wildman–Crippen MR) is 96.9 cm³/mol. The Morgan fingerprint density at radius 2 is 1.90 bits per heavy atom. The number of rotatable bonds is 7. The average Bonchev–Trinajstić information content (AvgIpc) is 3.19. The van der Waals surface area contributed by atoms with Gasteiger partial charge in [-0.15, -0.1) is 0 Å². The fourth-order valence-corrected chi connectivity index (χ4v) is 2.97. The van der Waals surface area contributed by atoms with Crippen LogP contribution in [0, 0.1) is 0 Å². The van der Waals surface area contributed by atoms with Crippen molar-refractivity contribution >= 4 is 12.0 Å². The van der Waals surface area contributed by atoms with Gasteiger partial charge in [-0.05, 0) is 18.4 Å². The number of aromatic nitrogens is 2. The Labute approximate surface area is 166 Å². The molecule has 2 amide bonds. The topological polar surface area (TPSA) is 106 Å². The summed E-state index contributed by atoms with van der Waals surface area (Å²) in [5, 5.41) is 8.70. The first kappa shape index (κ1) is 20.7. The van der Waals surface area contributed by atoms with Gasteiger partial charge in [0.1, 0.15) is 13.2 Å². The highest BCUT2D eigenvalue weighted by Crippen LogP contribution is 2.39. The van der Waals surface area contributed by atoms with E-state index in [-0.39, 0.29) is 44.3 Å². The van der Waals surface area contributed by atoms with Crippen LogP contribution in [-0.4, -0.2) is 34.6 Å². The number of hydrogen-bond acceptors (Lipinski definition) is 6. The molecule has 1 fully saturated rings. The van der Waals surface area contributed by atoms with Crippen molar-refractivity contribution in [3.8, 4) is 0 Å². The Morgan fingerprint density at radius 1 is 1.17 bits per heavy atom. The number of alkyl halides is 2. The molecule has 2 N–H and O–H groups in total. The van der Waals surface area contributed by atoms with Crippen LogP contribution in [0.3, 0.4) is 0 Å². The number of nitrogens with zero attached hydrogens (tertiary/aromatic N) is 2. The van der Waals surface area contributed by atoms with Gasteiger partial charge in [0.2, 0.25) is 17.7 Å². The van der Waals surface area contributed by atoms with Gasteiger partial charge in [-0.2, -0.15) is 4.98 Å². The van der Waals surface area contributed by atoms with Gasteiger partial charge < -0.3 is 19.9 Å². The lowest BCUT2D eigenvalue weighted by Gasteiger charge is -2.26. The van der Waals surface area contributed by atoms with E-state index >= 15 is 0 Å². The summed E-state index contributed by atoms with van der Waals surface area (Å²) in [4.78, 5) is 27.6. The highest BCUT2D eigenvalue weighted by atomic mass is 19.3. The zero-order valence-corrected chi connectivity index (χ0v) is 15.7. The third-order valence-electron chi connectivity index (χ3n) is 4.61. The van der Waals surface area contributed by atoms with E-state index in [0.29, 0.717) is 18.7 Å². The Hall–Kier alpha value is -3.04. The van der Waals surface area contributed by atoms with Crippen LogP contribution in [0.2, 0.25) is 0 Å². The van der Waals surface area contributed by atoms with Crippen LogP contribution in [0.5, 0.6) is 0 Å². The fraction of sp³-hybridized carbons (Fsp3) is 0.474. The minimum Gasteiger partial charge on any atom is -0.445 e. The number of nitrogens with one attached hydrogen (secondary N) is 2. The molecule has 0 atom stereocenters. The number of alkyl carbamates (subject to hydrolysis) is 1. The van der Waals surface area contributed by atoms with Gasteiger partial charge in [-0.1, -0.05) is 35.5 Å². The van der Waals surface area contributed by atoms with Crippen LogP contribution in [0.25, 0.3) is 0 Å². The lowest BCUT2D eigenvalue weighted by Crippen LogP contribution is -2.36. The van der Waals surface area contributed by atoms with E-state index in [1.54, 1.807) is 0 Å².